The number of nitrogens with zero attached hydrogens (tertiary/aromatic N) is 2. The van der Waals surface area contributed by atoms with E-state index in [1.807, 2.05) is 0 Å². The van der Waals surface area contributed by atoms with E-state index < -0.39 is 0 Å². The lowest BCUT2D eigenvalue weighted by Gasteiger charge is -2.03. The van der Waals surface area contributed by atoms with E-state index in [0.29, 0.717) is 16.7 Å². The first kappa shape index (κ1) is 11.3. The van der Waals surface area contributed by atoms with Crippen LogP contribution in [0.4, 0.5) is 11.5 Å². The molecule has 2 heterocycles. The summed E-state index contributed by atoms with van der Waals surface area (Å²) in [4.78, 5) is 19.6. The molecule has 3 N–H and O–H groups in total. The molecule has 2 aromatic heterocycles. The minimum Gasteiger partial charge on any atom is -0.397 e. The zero-order valence-electron chi connectivity index (χ0n) is 8.72. The molecule has 0 bridgehead atoms. The number of pyridine rings is 2. The van der Waals surface area contributed by atoms with E-state index in [-0.39, 0.29) is 11.6 Å². The van der Waals surface area contributed by atoms with Gasteiger partial charge in [0.15, 0.2) is 0 Å². The third-order valence-corrected chi connectivity index (χ3v) is 2.19. The molecule has 0 saturated heterocycles. The van der Waals surface area contributed by atoms with Gasteiger partial charge in [0.1, 0.15) is 16.7 Å². The van der Waals surface area contributed by atoms with Crippen LogP contribution < -0.4 is 11.1 Å². The number of carbonyl (C=O) groups is 1. The molecule has 0 aliphatic carbocycles. The van der Waals surface area contributed by atoms with Gasteiger partial charge in [-0.3, -0.25) is 4.79 Å². The van der Waals surface area contributed by atoms with Crippen LogP contribution in [0, 0.1) is 0 Å². The predicted molar refractivity (Wildman–Crippen MR) is 65.8 cm³/mol. The van der Waals surface area contributed by atoms with Crippen molar-refractivity contribution in [2.24, 2.45) is 0 Å². The van der Waals surface area contributed by atoms with E-state index >= 15 is 0 Å². The van der Waals surface area contributed by atoms with Crippen LogP contribution in [0.25, 0.3) is 0 Å². The second-order valence-electron chi connectivity index (χ2n) is 3.28. The summed E-state index contributed by atoms with van der Waals surface area (Å²) in [6, 6.07) is 8.10. The third kappa shape index (κ3) is 2.92. The Morgan fingerprint density at radius 3 is 2.76 bits per heavy atom. The zero-order chi connectivity index (χ0) is 12.3. The van der Waals surface area contributed by atoms with Crippen molar-refractivity contribution >= 4 is 29.0 Å². The van der Waals surface area contributed by atoms with Gasteiger partial charge in [-0.05, 0) is 24.3 Å². The Hall–Kier alpha value is -2.14. The summed E-state index contributed by atoms with van der Waals surface area (Å²) in [7, 11) is 0. The summed E-state index contributed by atoms with van der Waals surface area (Å²) < 4.78 is 0. The molecule has 17 heavy (non-hydrogen) atoms. The summed E-state index contributed by atoms with van der Waals surface area (Å²) in [5.74, 6) is 0.0147. The largest absolute Gasteiger partial charge is 0.397 e. The molecule has 0 atom stereocenters. The first-order valence-corrected chi connectivity index (χ1v) is 5.18. The van der Waals surface area contributed by atoms with Crippen molar-refractivity contribution in [3.8, 4) is 0 Å². The predicted octanol–water partition coefficient (Wildman–Crippen LogP) is 1.96. The molecule has 0 saturated carbocycles. The van der Waals surface area contributed by atoms with Crippen molar-refractivity contribution in [1.82, 2.24) is 9.97 Å². The SMILES string of the molecule is Nc1ccc(C(=O)Nc2cccc(Cl)n2)nc1. The van der Waals surface area contributed by atoms with Gasteiger partial charge in [0.2, 0.25) is 0 Å². The molecular formula is C11H9ClN4O. The van der Waals surface area contributed by atoms with Crippen molar-refractivity contribution in [2.45, 2.75) is 0 Å². The highest BCUT2D eigenvalue weighted by Gasteiger charge is 2.07. The molecule has 2 aromatic rings. The maximum absolute atomic E-state index is 11.7. The molecule has 2 rings (SSSR count). The van der Waals surface area contributed by atoms with E-state index in [4.69, 9.17) is 17.3 Å². The van der Waals surface area contributed by atoms with Gasteiger partial charge in [0, 0.05) is 0 Å². The van der Waals surface area contributed by atoms with Crippen LogP contribution in [-0.4, -0.2) is 15.9 Å². The van der Waals surface area contributed by atoms with Gasteiger partial charge < -0.3 is 11.1 Å². The Morgan fingerprint density at radius 1 is 1.29 bits per heavy atom. The Morgan fingerprint density at radius 2 is 2.12 bits per heavy atom. The summed E-state index contributed by atoms with van der Waals surface area (Å²) in [6.45, 7) is 0. The van der Waals surface area contributed by atoms with Crippen LogP contribution in [0.2, 0.25) is 5.15 Å². The number of anilines is 2. The van der Waals surface area contributed by atoms with Gasteiger partial charge in [-0.25, -0.2) is 9.97 Å². The number of aromatic nitrogens is 2. The molecule has 6 heteroatoms. The lowest BCUT2D eigenvalue weighted by atomic mass is 10.3. The quantitative estimate of drug-likeness (QED) is 0.796. The molecule has 86 valence electrons. The van der Waals surface area contributed by atoms with Crippen LogP contribution in [0.1, 0.15) is 10.5 Å². The molecule has 0 aliphatic heterocycles. The fourth-order valence-corrected chi connectivity index (χ4v) is 1.36. The number of carbonyl (C=O) groups excluding carboxylic acids is 1. The minimum atomic E-state index is -0.361. The van der Waals surface area contributed by atoms with Crippen molar-refractivity contribution < 1.29 is 4.79 Å². The number of amides is 1. The van der Waals surface area contributed by atoms with Crippen molar-refractivity contribution in [2.75, 3.05) is 11.1 Å². The highest BCUT2D eigenvalue weighted by Crippen LogP contribution is 2.10. The van der Waals surface area contributed by atoms with E-state index in [1.54, 1.807) is 24.3 Å². The number of nitrogen functional groups attached to an aromatic ring is 1. The van der Waals surface area contributed by atoms with E-state index in [2.05, 4.69) is 15.3 Å². The van der Waals surface area contributed by atoms with Crippen molar-refractivity contribution in [1.29, 1.82) is 0 Å². The standard InChI is InChI=1S/C11H9ClN4O/c12-9-2-1-3-10(15-9)16-11(17)8-5-4-7(13)6-14-8/h1-6H,13H2,(H,15,16,17). The second-order valence-corrected chi connectivity index (χ2v) is 3.66. The zero-order valence-corrected chi connectivity index (χ0v) is 9.48. The van der Waals surface area contributed by atoms with Crippen LogP contribution >= 0.6 is 11.6 Å². The highest BCUT2D eigenvalue weighted by atomic mass is 35.5. The molecule has 0 aliphatic rings. The van der Waals surface area contributed by atoms with E-state index in [0.717, 1.165) is 0 Å². The van der Waals surface area contributed by atoms with E-state index in [9.17, 15) is 4.79 Å². The van der Waals surface area contributed by atoms with Gasteiger partial charge >= 0.3 is 0 Å². The van der Waals surface area contributed by atoms with Gasteiger partial charge in [0.05, 0.1) is 11.9 Å². The number of hydrogen-bond acceptors (Lipinski definition) is 4. The Balaban J connectivity index is 2.14. The second kappa shape index (κ2) is 4.80. The molecule has 1 amide bonds. The first-order valence-electron chi connectivity index (χ1n) is 4.80. The van der Waals surface area contributed by atoms with E-state index in [1.165, 1.54) is 12.3 Å². The van der Waals surface area contributed by atoms with Gasteiger partial charge in [-0.2, -0.15) is 0 Å². The highest BCUT2D eigenvalue weighted by molar-refractivity contribution is 6.29. The number of nitrogens with two attached hydrogens (primary N) is 1. The topological polar surface area (TPSA) is 80.9 Å². The smallest absolute Gasteiger partial charge is 0.275 e. The Labute approximate surface area is 103 Å². The van der Waals surface area contributed by atoms with Gasteiger partial charge in [0.25, 0.3) is 5.91 Å². The fraction of sp³-hybridized carbons (Fsp3) is 0. The fourth-order valence-electron chi connectivity index (χ4n) is 1.20. The lowest BCUT2D eigenvalue weighted by molar-refractivity contribution is 0.102. The maximum Gasteiger partial charge on any atom is 0.275 e. The average molecular weight is 249 g/mol. The number of halogens is 1. The average Bonchev–Trinajstić information content (AvgIpc) is 2.29. The lowest BCUT2D eigenvalue weighted by Crippen LogP contribution is -2.14. The van der Waals surface area contributed by atoms with Crippen LogP contribution in [0.3, 0.4) is 0 Å². The molecule has 0 unspecified atom stereocenters. The summed E-state index contributed by atoms with van der Waals surface area (Å²) in [5, 5.41) is 2.89. The van der Waals surface area contributed by atoms with Crippen molar-refractivity contribution in [3.63, 3.8) is 0 Å². The normalized spacial score (nSPS) is 9.94. The molecule has 0 spiro atoms. The molecule has 0 aromatic carbocycles. The Kier molecular flexibility index (Phi) is 3.20. The van der Waals surface area contributed by atoms with Crippen LogP contribution in [0.15, 0.2) is 36.5 Å². The minimum absolute atomic E-state index is 0.265. The molecule has 0 fully saturated rings. The van der Waals surface area contributed by atoms with Crippen molar-refractivity contribution in [3.05, 3.63) is 47.4 Å². The van der Waals surface area contributed by atoms with Crippen LogP contribution in [-0.2, 0) is 0 Å². The number of nitrogens with one attached hydrogen (secondary N) is 1. The third-order valence-electron chi connectivity index (χ3n) is 1.98. The first-order chi connectivity index (χ1) is 8.15. The molecule has 0 radical (unpaired) electrons. The monoisotopic (exact) mass is 248 g/mol. The molecular weight excluding hydrogens is 240 g/mol. The summed E-state index contributed by atoms with van der Waals surface area (Å²) in [5.41, 5.74) is 6.24. The summed E-state index contributed by atoms with van der Waals surface area (Å²) in [6.07, 6.45) is 1.42. The number of rotatable bonds is 2. The maximum atomic E-state index is 11.7. The summed E-state index contributed by atoms with van der Waals surface area (Å²) >= 11 is 5.70. The molecule has 5 nitrogen and oxygen atoms in total. The Bertz CT molecular complexity index is 541. The number of hydrogen-bond donors (Lipinski definition) is 2. The van der Waals surface area contributed by atoms with Gasteiger partial charge in [-0.1, -0.05) is 17.7 Å². The van der Waals surface area contributed by atoms with Crippen LogP contribution in [0.5, 0.6) is 0 Å². The van der Waals surface area contributed by atoms with Gasteiger partial charge in [-0.15, -0.1) is 0 Å².